The summed E-state index contributed by atoms with van der Waals surface area (Å²) in [5.41, 5.74) is 3.31. The Morgan fingerprint density at radius 2 is 1.94 bits per heavy atom. The molecule has 1 aliphatic heterocycles. The van der Waals surface area contributed by atoms with Crippen LogP contribution in [0.4, 0.5) is 0 Å². The van der Waals surface area contributed by atoms with E-state index in [-0.39, 0.29) is 11.4 Å². The third kappa shape index (κ3) is 4.20. The quantitative estimate of drug-likeness (QED) is 0.497. The molecule has 2 heterocycles. The van der Waals surface area contributed by atoms with Crippen LogP contribution in [-0.4, -0.2) is 35.8 Å². The van der Waals surface area contributed by atoms with Gasteiger partial charge in [-0.15, -0.1) is 6.58 Å². The van der Waals surface area contributed by atoms with Crippen LogP contribution in [0.2, 0.25) is 5.02 Å². The standard InChI is InChI=1S/C23H24ClN3O3S2/c1-4-11-26-20-13-15(2)16(3)14-21(20)31-23(26)25-22(28)19-6-5-12-27(19)32(29,30)18-9-7-17(24)8-10-18/h4,7-10,13-14,19H,1,5-6,11-12H2,2-3H3. The van der Waals surface area contributed by atoms with E-state index >= 15 is 0 Å². The molecular formula is C23H24ClN3O3S2. The van der Waals surface area contributed by atoms with Crippen molar-refractivity contribution in [2.45, 2.75) is 44.2 Å². The first-order valence-electron chi connectivity index (χ1n) is 10.3. The molecule has 1 fully saturated rings. The molecule has 0 spiro atoms. The smallest absolute Gasteiger partial charge is 0.266 e. The topological polar surface area (TPSA) is 71.7 Å². The van der Waals surface area contributed by atoms with Crippen LogP contribution in [0.25, 0.3) is 10.2 Å². The molecule has 168 valence electrons. The van der Waals surface area contributed by atoms with Crippen molar-refractivity contribution >= 4 is 49.1 Å². The lowest BCUT2D eigenvalue weighted by Crippen LogP contribution is -2.40. The van der Waals surface area contributed by atoms with Crippen LogP contribution < -0.4 is 4.80 Å². The van der Waals surface area contributed by atoms with Gasteiger partial charge in [0.05, 0.1) is 15.1 Å². The zero-order valence-corrected chi connectivity index (χ0v) is 20.3. The van der Waals surface area contributed by atoms with Crippen molar-refractivity contribution in [2.24, 2.45) is 4.99 Å². The van der Waals surface area contributed by atoms with Crippen molar-refractivity contribution < 1.29 is 13.2 Å². The van der Waals surface area contributed by atoms with Gasteiger partial charge in [0, 0.05) is 18.1 Å². The Balaban J connectivity index is 1.74. The van der Waals surface area contributed by atoms with Gasteiger partial charge in [0.1, 0.15) is 6.04 Å². The number of aromatic nitrogens is 1. The van der Waals surface area contributed by atoms with Crippen molar-refractivity contribution in [1.82, 2.24) is 8.87 Å². The number of allylic oxidation sites excluding steroid dienone is 1. The summed E-state index contributed by atoms with van der Waals surface area (Å²) in [6.45, 7) is 8.71. The Kier molecular flexibility index (Phi) is 6.40. The van der Waals surface area contributed by atoms with Crippen LogP contribution in [0.15, 0.2) is 58.9 Å². The third-order valence-electron chi connectivity index (χ3n) is 5.72. The highest BCUT2D eigenvalue weighted by Gasteiger charge is 2.39. The zero-order valence-electron chi connectivity index (χ0n) is 17.9. The Morgan fingerprint density at radius 1 is 1.25 bits per heavy atom. The summed E-state index contributed by atoms with van der Waals surface area (Å²) in [5, 5.41) is 0.454. The Morgan fingerprint density at radius 3 is 2.62 bits per heavy atom. The highest BCUT2D eigenvalue weighted by molar-refractivity contribution is 7.89. The number of hydrogen-bond acceptors (Lipinski definition) is 4. The predicted octanol–water partition coefficient (Wildman–Crippen LogP) is 4.44. The first-order chi connectivity index (χ1) is 15.2. The lowest BCUT2D eigenvalue weighted by Gasteiger charge is -2.21. The zero-order chi connectivity index (χ0) is 23.0. The second-order valence-electron chi connectivity index (χ2n) is 7.87. The van der Waals surface area contributed by atoms with E-state index < -0.39 is 22.0 Å². The fourth-order valence-electron chi connectivity index (χ4n) is 3.90. The van der Waals surface area contributed by atoms with E-state index in [0.29, 0.717) is 29.2 Å². The van der Waals surface area contributed by atoms with Gasteiger partial charge in [-0.2, -0.15) is 9.30 Å². The Labute approximate surface area is 196 Å². The maximum Gasteiger partial charge on any atom is 0.266 e. The van der Waals surface area contributed by atoms with Crippen molar-refractivity contribution in [3.63, 3.8) is 0 Å². The minimum Gasteiger partial charge on any atom is -0.312 e. The number of fused-ring (bicyclic) bond motifs is 1. The number of hydrogen-bond donors (Lipinski definition) is 0. The summed E-state index contributed by atoms with van der Waals surface area (Å²) in [7, 11) is -3.82. The van der Waals surface area contributed by atoms with Crippen LogP contribution in [0, 0.1) is 13.8 Å². The SMILES string of the molecule is C=CCn1c(=NC(=O)C2CCCN2S(=O)(=O)c2ccc(Cl)cc2)sc2cc(C)c(C)cc21. The molecule has 6 nitrogen and oxygen atoms in total. The van der Waals surface area contributed by atoms with E-state index in [9.17, 15) is 13.2 Å². The van der Waals surface area contributed by atoms with E-state index in [0.717, 1.165) is 15.8 Å². The summed E-state index contributed by atoms with van der Waals surface area (Å²) in [6, 6.07) is 9.34. The van der Waals surface area contributed by atoms with Gasteiger partial charge in [-0.1, -0.05) is 29.0 Å². The van der Waals surface area contributed by atoms with Crippen LogP contribution in [0.5, 0.6) is 0 Å². The second kappa shape index (κ2) is 8.94. The maximum atomic E-state index is 13.2. The van der Waals surface area contributed by atoms with Crippen LogP contribution in [0.1, 0.15) is 24.0 Å². The van der Waals surface area contributed by atoms with E-state index in [1.807, 2.05) is 18.4 Å². The molecule has 4 rings (SSSR count). The van der Waals surface area contributed by atoms with E-state index in [4.69, 9.17) is 11.6 Å². The number of sulfonamides is 1. The summed E-state index contributed by atoms with van der Waals surface area (Å²) < 4.78 is 30.6. The highest BCUT2D eigenvalue weighted by atomic mass is 35.5. The van der Waals surface area contributed by atoms with Crippen LogP contribution >= 0.6 is 22.9 Å². The molecule has 1 aliphatic rings. The molecule has 3 aromatic rings. The predicted molar refractivity (Wildman–Crippen MR) is 128 cm³/mol. The van der Waals surface area contributed by atoms with Gasteiger partial charge in [-0.05, 0) is 74.2 Å². The van der Waals surface area contributed by atoms with Gasteiger partial charge < -0.3 is 4.57 Å². The maximum absolute atomic E-state index is 13.2. The fourth-order valence-corrected chi connectivity index (χ4v) is 6.80. The van der Waals surface area contributed by atoms with Crippen molar-refractivity contribution in [3.05, 3.63) is 70.0 Å². The third-order valence-corrected chi connectivity index (χ3v) is 8.94. The minimum atomic E-state index is -3.82. The molecule has 1 aromatic heterocycles. The normalized spacial score (nSPS) is 17.8. The van der Waals surface area contributed by atoms with Crippen LogP contribution in [-0.2, 0) is 21.4 Å². The largest absolute Gasteiger partial charge is 0.312 e. The van der Waals surface area contributed by atoms with E-state index in [1.54, 1.807) is 6.08 Å². The van der Waals surface area contributed by atoms with Gasteiger partial charge in [-0.25, -0.2) is 8.42 Å². The molecule has 0 radical (unpaired) electrons. The number of aryl methyl sites for hydroxylation is 2. The number of thiazole rings is 1. The van der Waals surface area contributed by atoms with Crippen molar-refractivity contribution in [2.75, 3.05) is 6.54 Å². The number of amides is 1. The number of benzene rings is 2. The van der Waals surface area contributed by atoms with E-state index in [2.05, 4.69) is 23.7 Å². The lowest BCUT2D eigenvalue weighted by atomic mass is 10.1. The molecule has 1 amide bonds. The molecule has 0 bridgehead atoms. The molecule has 1 atom stereocenters. The van der Waals surface area contributed by atoms with Crippen LogP contribution in [0.3, 0.4) is 0 Å². The molecule has 0 aliphatic carbocycles. The molecule has 32 heavy (non-hydrogen) atoms. The number of nitrogens with zero attached hydrogens (tertiary/aromatic N) is 3. The lowest BCUT2D eigenvalue weighted by molar-refractivity contribution is -0.121. The molecule has 2 aromatic carbocycles. The molecular weight excluding hydrogens is 466 g/mol. The molecule has 0 saturated carbocycles. The van der Waals surface area contributed by atoms with Gasteiger partial charge >= 0.3 is 0 Å². The Bertz CT molecular complexity index is 1370. The number of carbonyl (C=O) groups is 1. The number of carbonyl (C=O) groups excluding carboxylic acids is 1. The van der Waals surface area contributed by atoms with E-state index in [1.165, 1.54) is 45.5 Å². The first-order valence-corrected chi connectivity index (χ1v) is 12.9. The van der Waals surface area contributed by atoms with Gasteiger partial charge in [0.2, 0.25) is 10.0 Å². The summed E-state index contributed by atoms with van der Waals surface area (Å²) in [4.78, 5) is 18.3. The molecule has 0 N–H and O–H groups in total. The molecule has 9 heteroatoms. The van der Waals surface area contributed by atoms with Gasteiger partial charge in [-0.3, -0.25) is 4.79 Å². The highest BCUT2D eigenvalue weighted by Crippen LogP contribution is 2.28. The average molecular weight is 490 g/mol. The second-order valence-corrected chi connectivity index (χ2v) is 11.2. The monoisotopic (exact) mass is 489 g/mol. The van der Waals surface area contributed by atoms with Gasteiger partial charge in [0.15, 0.2) is 4.80 Å². The minimum absolute atomic E-state index is 0.121. The number of rotatable bonds is 5. The summed E-state index contributed by atoms with van der Waals surface area (Å²) in [5.74, 6) is -0.446. The number of halogens is 1. The summed E-state index contributed by atoms with van der Waals surface area (Å²) >= 11 is 7.32. The summed E-state index contributed by atoms with van der Waals surface area (Å²) in [6.07, 6.45) is 2.81. The van der Waals surface area contributed by atoms with Crippen molar-refractivity contribution in [1.29, 1.82) is 0 Å². The fraction of sp³-hybridized carbons (Fsp3) is 0.304. The van der Waals surface area contributed by atoms with Gasteiger partial charge in [0.25, 0.3) is 5.91 Å². The first kappa shape index (κ1) is 22.9. The average Bonchev–Trinajstić information content (AvgIpc) is 3.36. The molecule has 1 unspecified atom stereocenters. The molecule has 1 saturated heterocycles. The van der Waals surface area contributed by atoms with Crippen molar-refractivity contribution in [3.8, 4) is 0 Å². The Hall–Kier alpha value is -2.26.